The molecule has 3 aromatic rings. The van der Waals surface area contributed by atoms with E-state index in [1.54, 1.807) is 23.1 Å². The van der Waals surface area contributed by atoms with Crippen LogP contribution in [-0.2, 0) is 6.18 Å². The highest BCUT2D eigenvalue weighted by molar-refractivity contribution is 5.38. The molecule has 1 unspecified atom stereocenters. The lowest BCUT2D eigenvalue weighted by Gasteiger charge is -2.26. The molecule has 0 aliphatic rings. The van der Waals surface area contributed by atoms with Crippen LogP contribution in [0.1, 0.15) is 28.6 Å². The number of hydrogen-bond acceptors (Lipinski definition) is 5. The molecule has 0 bridgehead atoms. The lowest BCUT2D eigenvalue weighted by atomic mass is 10.0. The van der Waals surface area contributed by atoms with Crippen molar-refractivity contribution in [1.82, 2.24) is 24.6 Å². The molecule has 29 heavy (non-hydrogen) atoms. The number of nitrogens with zero attached hydrogens (tertiary/aromatic N) is 5. The molecule has 0 amide bonds. The standard InChI is InChI=1S/C20H23F3N6/c1-13-8-14(2)29(27-13)19-12-24-11-18(26-19)25-10-17(28(3)4)15-6-5-7-16(9-15)20(21,22)23/h5-9,11-12,17H,10H2,1-4H3,(H,25,26). The number of rotatable bonds is 6. The predicted molar refractivity (Wildman–Crippen MR) is 105 cm³/mol. The predicted octanol–water partition coefficient (Wildman–Crippen LogP) is 4.01. The van der Waals surface area contributed by atoms with Crippen LogP contribution in [-0.4, -0.2) is 45.3 Å². The van der Waals surface area contributed by atoms with Gasteiger partial charge in [0.25, 0.3) is 0 Å². The number of halogens is 3. The first kappa shape index (κ1) is 20.8. The molecule has 0 aliphatic carbocycles. The van der Waals surface area contributed by atoms with Crippen LogP contribution in [0.3, 0.4) is 0 Å². The van der Waals surface area contributed by atoms with E-state index in [0.29, 0.717) is 23.7 Å². The fourth-order valence-corrected chi connectivity index (χ4v) is 3.13. The Morgan fingerprint density at radius 1 is 1.14 bits per heavy atom. The normalized spacial score (nSPS) is 13.0. The summed E-state index contributed by atoms with van der Waals surface area (Å²) in [7, 11) is 3.65. The van der Waals surface area contributed by atoms with Crippen LogP contribution in [0, 0.1) is 13.8 Å². The van der Waals surface area contributed by atoms with Gasteiger partial charge in [-0.05, 0) is 51.7 Å². The van der Waals surface area contributed by atoms with Crippen LogP contribution in [0.4, 0.5) is 19.0 Å². The Morgan fingerprint density at radius 2 is 1.90 bits per heavy atom. The molecule has 6 nitrogen and oxygen atoms in total. The van der Waals surface area contributed by atoms with Crippen molar-refractivity contribution in [2.45, 2.75) is 26.1 Å². The van der Waals surface area contributed by atoms with E-state index in [-0.39, 0.29) is 6.04 Å². The van der Waals surface area contributed by atoms with Gasteiger partial charge >= 0.3 is 6.18 Å². The summed E-state index contributed by atoms with van der Waals surface area (Å²) in [5.41, 5.74) is 1.72. The second-order valence-corrected chi connectivity index (χ2v) is 7.08. The minimum Gasteiger partial charge on any atom is -0.367 e. The van der Waals surface area contributed by atoms with Crippen LogP contribution >= 0.6 is 0 Å². The maximum atomic E-state index is 13.1. The van der Waals surface area contributed by atoms with Gasteiger partial charge in [-0.1, -0.05) is 12.1 Å². The maximum Gasteiger partial charge on any atom is 0.416 e. The first-order chi connectivity index (χ1) is 13.6. The zero-order chi connectivity index (χ0) is 21.2. The van der Waals surface area contributed by atoms with Crippen LogP contribution in [0.5, 0.6) is 0 Å². The van der Waals surface area contributed by atoms with Gasteiger partial charge in [0.15, 0.2) is 5.82 Å². The second-order valence-electron chi connectivity index (χ2n) is 7.08. The molecule has 1 atom stereocenters. The number of benzene rings is 1. The van der Waals surface area contributed by atoms with Crippen molar-refractivity contribution in [3.05, 3.63) is 65.2 Å². The van der Waals surface area contributed by atoms with Gasteiger partial charge in [0.1, 0.15) is 5.82 Å². The van der Waals surface area contributed by atoms with E-state index in [1.807, 2.05) is 38.9 Å². The van der Waals surface area contributed by atoms with E-state index < -0.39 is 11.7 Å². The molecular formula is C20H23F3N6. The smallest absolute Gasteiger partial charge is 0.367 e. The summed E-state index contributed by atoms with van der Waals surface area (Å²) in [6.45, 7) is 4.19. The van der Waals surface area contributed by atoms with Crippen molar-refractivity contribution < 1.29 is 13.2 Å². The van der Waals surface area contributed by atoms with Crippen LogP contribution in [0.15, 0.2) is 42.7 Å². The summed E-state index contributed by atoms with van der Waals surface area (Å²) in [6.07, 6.45) is -1.19. The Morgan fingerprint density at radius 3 is 2.52 bits per heavy atom. The van der Waals surface area contributed by atoms with Gasteiger partial charge in [-0.25, -0.2) is 9.67 Å². The topological polar surface area (TPSA) is 58.9 Å². The minimum atomic E-state index is -4.38. The third-order valence-corrected chi connectivity index (χ3v) is 4.55. The van der Waals surface area contributed by atoms with Gasteiger partial charge in [0.05, 0.1) is 29.7 Å². The molecule has 9 heteroatoms. The molecule has 0 saturated carbocycles. The average Bonchev–Trinajstić information content (AvgIpc) is 3.00. The summed E-state index contributed by atoms with van der Waals surface area (Å²) in [5.74, 6) is 1.09. The molecule has 1 N–H and O–H groups in total. The number of anilines is 1. The molecule has 3 rings (SSSR count). The van der Waals surface area contributed by atoms with Crippen LogP contribution < -0.4 is 5.32 Å². The Bertz CT molecular complexity index is 980. The molecule has 2 heterocycles. The van der Waals surface area contributed by atoms with Gasteiger partial charge < -0.3 is 10.2 Å². The number of aromatic nitrogens is 4. The Labute approximate surface area is 167 Å². The monoisotopic (exact) mass is 404 g/mol. The van der Waals surface area contributed by atoms with Crippen LogP contribution in [0.25, 0.3) is 5.82 Å². The maximum absolute atomic E-state index is 13.1. The van der Waals surface area contributed by atoms with E-state index in [9.17, 15) is 13.2 Å². The van der Waals surface area contributed by atoms with Crippen molar-refractivity contribution in [3.8, 4) is 5.82 Å². The molecule has 0 spiro atoms. The van der Waals surface area contributed by atoms with E-state index in [1.165, 1.54) is 12.1 Å². The largest absolute Gasteiger partial charge is 0.416 e. The summed E-state index contributed by atoms with van der Waals surface area (Å²) in [4.78, 5) is 10.6. The molecule has 2 aromatic heterocycles. The molecule has 0 aliphatic heterocycles. The first-order valence-electron chi connectivity index (χ1n) is 9.08. The van der Waals surface area contributed by atoms with E-state index in [2.05, 4.69) is 20.4 Å². The molecule has 0 saturated heterocycles. The quantitative estimate of drug-likeness (QED) is 0.673. The summed E-state index contributed by atoms with van der Waals surface area (Å²) >= 11 is 0. The summed E-state index contributed by atoms with van der Waals surface area (Å²) < 4.78 is 40.9. The van der Waals surface area contributed by atoms with Crippen molar-refractivity contribution in [2.24, 2.45) is 0 Å². The van der Waals surface area contributed by atoms with E-state index in [4.69, 9.17) is 0 Å². The molecule has 1 aromatic carbocycles. The zero-order valence-corrected chi connectivity index (χ0v) is 16.7. The summed E-state index contributed by atoms with van der Waals surface area (Å²) in [6, 6.07) is 7.04. The van der Waals surface area contributed by atoms with Crippen molar-refractivity contribution in [2.75, 3.05) is 26.0 Å². The highest BCUT2D eigenvalue weighted by Gasteiger charge is 2.31. The van der Waals surface area contributed by atoms with Gasteiger partial charge in [0, 0.05) is 12.2 Å². The number of nitrogens with one attached hydrogen (secondary N) is 1. The molecule has 0 radical (unpaired) electrons. The Kier molecular flexibility index (Phi) is 5.88. The van der Waals surface area contributed by atoms with Gasteiger partial charge in [-0.15, -0.1) is 0 Å². The lowest BCUT2D eigenvalue weighted by Crippen LogP contribution is -2.27. The zero-order valence-electron chi connectivity index (χ0n) is 16.7. The van der Waals surface area contributed by atoms with Crippen molar-refractivity contribution >= 4 is 5.82 Å². The number of aryl methyl sites for hydroxylation is 2. The fourth-order valence-electron chi connectivity index (χ4n) is 3.13. The van der Waals surface area contributed by atoms with Gasteiger partial charge in [-0.3, -0.25) is 4.98 Å². The summed E-state index contributed by atoms with van der Waals surface area (Å²) in [5, 5.41) is 7.58. The van der Waals surface area contributed by atoms with Gasteiger partial charge in [-0.2, -0.15) is 18.3 Å². The molecular weight excluding hydrogens is 381 g/mol. The molecule has 154 valence electrons. The van der Waals surface area contributed by atoms with Crippen molar-refractivity contribution in [3.63, 3.8) is 0 Å². The lowest BCUT2D eigenvalue weighted by molar-refractivity contribution is -0.137. The molecule has 0 fully saturated rings. The van der Waals surface area contributed by atoms with Gasteiger partial charge in [0.2, 0.25) is 0 Å². The number of hydrogen-bond donors (Lipinski definition) is 1. The fraction of sp³-hybridized carbons (Fsp3) is 0.350. The highest BCUT2D eigenvalue weighted by Crippen LogP contribution is 2.31. The third kappa shape index (κ3) is 4.92. The Hall–Kier alpha value is -2.94. The van der Waals surface area contributed by atoms with Crippen LogP contribution in [0.2, 0.25) is 0 Å². The van der Waals surface area contributed by atoms with E-state index in [0.717, 1.165) is 17.5 Å². The average molecular weight is 404 g/mol. The second kappa shape index (κ2) is 8.20. The number of alkyl halides is 3. The Balaban J connectivity index is 1.80. The highest BCUT2D eigenvalue weighted by atomic mass is 19.4. The van der Waals surface area contributed by atoms with Crippen molar-refractivity contribution in [1.29, 1.82) is 0 Å². The SMILES string of the molecule is Cc1cc(C)n(-c2cncc(NCC(c3cccc(C(F)(F)F)c3)N(C)C)n2)n1. The first-order valence-corrected chi connectivity index (χ1v) is 9.08. The van der Waals surface area contributed by atoms with E-state index >= 15 is 0 Å². The number of likely N-dealkylation sites (N-methyl/N-ethyl adjacent to an activating group) is 1. The minimum absolute atomic E-state index is 0.281. The third-order valence-electron chi connectivity index (χ3n) is 4.55.